The lowest BCUT2D eigenvalue weighted by Gasteiger charge is -2.02. The lowest BCUT2D eigenvalue weighted by atomic mass is 10.0. The summed E-state index contributed by atoms with van der Waals surface area (Å²) in [6, 6.07) is 18.5. The number of nitrogens with two attached hydrogens (primary N) is 1. The molecule has 0 spiro atoms. The predicted molar refractivity (Wildman–Crippen MR) is 85.9 cm³/mol. The molecule has 1 heterocycles. The third kappa shape index (κ3) is 3.17. The largest absolute Gasteiger partial charge is 0.369 e. The van der Waals surface area contributed by atoms with E-state index in [1.807, 2.05) is 35.7 Å². The second kappa shape index (κ2) is 5.89. The molecule has 21 heavy (non-hydrogen) atoms. The van der Waals surface area contributed by atoms with Gasteiger partial charge in [0.25, 0.3) is 0 Å². The lowest BCUT2D eigenvalue weighted by molar-refractivity contribution is -0.117. The molecule has 3 aromatic rings. The Morgan fingerprint density at radius 1 is 0.952 bits per heavy atom. The van der Waals surface area contributed by atoms with E-state index in [2.05, 4.69) is 29.2 Å². The van der Waals surface area contributed by atoms with E-state index in [0.717, 1.165) is 16.3 Å². The van der Waals surface area contributed by atoms with Crippen molar-refractivity contribution in [2.75, 3.05) is 0 Å². The van der Waals surface area contributed by atoms with E-state index in [1.54, 1.807) is 0 Å². The van der Waals surface area contributed by atoms with Crippen LogP contribution >= 0.6 is 11.3 Å². The summed E-state index contributed by atoms with van der Waals surface area (Å²) in [5.41, 5.74) is 9.48. The molecule has 1 aromatic heterocycles. The van der Waals surface area contributed by atoms with E-state index < -0.39 is 0 Å². The van der Waals surface area contributed by atoms with Crippen molar-refractivity contribution in [3.05, 3.63) is 65.0 Å². The summed E-state index contributed by atoms with van der Waals surface area (Å²) in [6.45, 7) is 0. The van der Waals surface area contributed by atoms with Crippen LogP contribution in [0, 0.1) is 0 Å². The zero-order chi connectivity index (χ0) is 14.7. The molecule has 2 N–H and O–H groups in total. The van der Waals surface area contributed by atoms with Gasteiger partial charge in [-0.25, -0.2) is 4.98 Å². The molecule has 1 amide bonds. The molecule has 3 rings (SSSR count). The molecule has 0 aliphatic heterocycles. The quantitative estimate of drug-likeness (QED) is 0.800. The molecule has 104 valence electrons. The Morgan fingerprint density at radius 3 is 2.24 bits per heavy atom. The van der Waals surface area contributed by atoms with Gasteiger partial charge in [-0.05, 0) is 11.1 Å². The Morgan fingerprint density at radius 2 is 1.57 bits per heavy atom. The first-order valence-corrected chi connectivity index (χ1v) is 7.49. The van der Waals surface area contributed by atoms with Gasteiger partial charge in [-0.2, -0.15) is 0 Å². The Hall–Kier alpha value is -2.46. The van der Waals surface area contributed by atoms with Gasteiger partial charge in [0, 0.05) is 10.9 Å². The van der Waals surface area contributed by atoms with Crippen molar-refractivity contribution in [1.82, 2.24) is 4.98 Å². The second-order valence-electron chi connectivity index (χ2n) is 4.71. The van der Waals surface area contributed by atoms with Gasteiger partial charge < -0.3 is 5.73 Å². The zero-order valence-electron chi connectivity index (χ0n) is 11.3. The third-order valence-corrected chi connectivity index (χ3v) is 4.01. The van der Waals surface area contributed by atoms with Crippen molar-refractivity contribution in [3.63, 3.8) is 0 Å². The first-order chi connectivity index (χ1) is 10.2. The van der Waals surface area contributed by atoms with Gasteiger partial charge in [-0.1, -0.05) is 54.6 Å². The molecule has 0 atom stereocenters. The monoisotopic (exact) mass is 294 g/mol. The number of aromatic nitrogens is 1. The first kappa shape index (κ1) is 13.5. The third-order valence-electron chi connectivity index (χ3n) is 3.16. The molecule has 3 nitrogen and oxygen atoms in total. The molecule has 4 heteroatoms. The molecular weight excluding hydrogens is 280 g/mol. The van der Waals surface area contributed by atoms with Crippen molar-refractivity contribution in [2.45, 2.75) is 6.42 Å². The number of amides is 1. The Kier molecular flexibility index (Phi) is 3.79. The minimum absolute atomic E-state index is 0.201. The average Bonchev–Trinajstić information content (AvgIpc) is 2.96. The van der Waals surface area contributed by atoms with Gasteiger partial charge in [0.1, 0.15) is 5.01 Å². The van der Waals surface area contributed by atoms with Crippen LogP contribution in [-0.4, -0.2) is 10.9 Å². The summed E-state index contributed by atoms with van der Waals surface area (Å²) in [5.74, 6) is -0.352. The lowest BCUT2D eigenvalue weighted by Crippen LogP contribution is -2.13. The highest BCUT2D eigenvalue weighted by Gasteiger charge is 2.07. The molecule has 0 saturated carbocycles. The van der Waals surface area contributed by atoms with Crippen LogP contribution in [0.25, 0.3) is 22.4 Å². The summed E-state index contributed by atoms with van der Waals surface area (Å²) in [6.07, 6.45) is 0.201. The minimum Gasteiger partial charge on any atom is -0.369 e. The number of benzene rings is 2. The number of carbonyl (C=O) groups excluding carboxylic acids is 1. The maximum atomic E-state index is 10.9. The maximum absolute atomic E-state index is 10.9. The van der Waals surface area contributed by atoms with E-state index in [1.165, 1.54) is 22.5 Å². The molecular formula is C17H14N2OS. The summed E-state index contributed by atoms with van der Waals surface area (Å²) >= 11 is 1.46. The number of hydrogen-bond acceptors (Lipinski definition) is 3. The standard InChI is InChI=1S/C17H14N2OS/c18-16(20)10-17-19-15(11-21-17)14-8-6-13(7-9-14)12-4-2-1-3-5-12/h1-9,11H,10H2,(H2,18,20). The van der Waals surface area contributed by atoms with Gasteiger partial charge >= 0.3 is 0 Å². The normalized spacial score (nSPS) is 10.5. The second-order valence-corrected chi connectivity index (χ2v) is 5.66. The van der Waals surface area contributed by atoms with Crippen molar-refractivity contribution in [2.24, 2.45) is 5.73 Å². The topological polar surface area (TPSA) is 56.0 Å². The number of thiazole rings is 1. The van der Waals surface area contributed by atoms with Crippen molar-refractivity contribution < 1.29 is 4.79 Å². The van der Waals surface area contributed by atoms with Gasteiger partial charge in [0.15, 0.2) is 0 Å². The van der Waals surface area contributed by atoms with Crippen LogP contribution in [0.5, 0.6) is 0 Å². The zero-order valence-corrected chi connectivity index (χ0v) is 12.1. The number of hydrogen-bond donors (Lipinski definition) is 1. The number of primary amides is 1. The van der Waals surface area contributed by atoms with E-state index >= 15 is 0 Å². The van der Waals surface area contributed by atoms with Crippen molar-refractivity contribution >= 4 is 17.2 Å². The van der Waals surface area contributed by atoms with Crippen LogP contribution in [0.4, 0.5) is 0 Å². The summed E-state index contributed by atoms with van der Waals surface area (Å²) in [4.78, 5) is 15.3. The molecule has 0 aliphatic carbocycles. The van der Waals surface area contributed by atoms with Gasteiger partial charge in [0.2, 0.25) is 5.91 Å². The number of rotatable bonds is 4. The van der Waals surface area contributed by atoms with Crippen LogP contribution in [0.3, 0.4) is 0 Å². The summed E-state index contributed by atoms with van der Waals surface area (Å²) in [5, 5.41) is 2.71. The Balaban J connectivity index is 1.84. The number of carbonyl (C=O) groups is 1. The smallest absolute Gasteiger partial charge is 0.224 e. The van der Waals surface area contributed by atoms with Crippen molar-refractivity contribution in [3.8, 4) is 22.4 Å². The van der Waals surface area contributed by atoms with Crippen LogP contribution in [0.2, 0.25) is 0 Å². The fourth-order valence-electron chi connectivity index (χ4n) is 2.14. The van der Waals surface area contributed by atoms with Crippen LogP contribution in [0.15, 0.2) is 60.0 Å². The highest BCUT2D eigenvalue weighted by atomic mass is 32.1. The maximum Gasteiger partial charge on any atom is 0.224 e. The van der Waals surface area contributed by atoms with E-state index in [-0.39, 0.29) is 12.3 Å². The van der Waals surface area contributed by atoms with Crippen LogP contribution in [0.1, 0.15) is 5.01 Å². The fourth-order valence-corrected chi connectivity index (χ4v) is 2.95. The molecule has 0 fully saturated rings. The Labute approximate surface area is 127 Å². The average molecular weight is 294 g/mol. The fraction of sp³-hybridized carbons (Fsp3) is 0.0588. The summed E-state index contributed by atoms with van der Waals surface area (Å²) in [7, 11) is 0. The van der Waals surface area contributed by atoms with Crippen LogP contribution < -0.4 is 5.73 Å². The van der Waals surface area contributed by atoms with E-state index in [9.17, 15) is 4.79 Å². The SMILES string of the molecule is NC(=O)Cc1nc(-c2ccc(-c3ccccc3)cc2)cs1. The van der Waals surface area contributed by atoms with Crippen molar-refractivity contribution in [1.29, 1.82) is 0 Å². The molecule has 0 unspecified atom stereocenters. The molecule has 0 aliphatic rings. The minimum atomic E-state index is -0.352. The predicted octanol–water partition coefficient (Wildman–Crippen LogP) is 3.50. The van der Waals surface area contributed by atoms with Gasteiger partial charge in [-0.3, -0.25) is 4.79 Å². The van der Waals surface area contributed by atoms with E-state index in [0.29, 0.717) is 0 Å². The van der Waals surface area contributed by atoms with Gasteiger partial charge in [-0.15, -0.1) is 11.3 Å². The Bertz CT molecular complexity index is 748. The first-order valence-electron chi connectivity index (χ1n) is 6.61. The highest BCUT2D eigenvalue weighted by molar-refractivity contribution is 7.10. The van der Waals surface area contributed by atoms with E-state index in [4.69, 9.17) is 5.73 Å². The molecule has 0 saturated heterocycles. The van der Waals surface area contributed by atoms with Gasteiger partial charge in [0.05, 0.1) is 12.1 Å². The van der Waals surface area contributed by atoms with Crippen LogP contribution in [-0.2, 0) is 11.2 Å². The highest BCUT2D eigenvalue weighted by Crippen LogP contribution is 2.26. The number of nitrogens with zero attached hydrogens (tertiary/aromatic N) is 1. The molecule has 0 radical (unpaired) electrons. The molecule has 2 aromatic carbocycles. The summed E-state index contributed by atoms with van der Waals surface area (Å²) < 4.78 is 0. The molecule has 0 bridgehead atoms.